The van der Waals surface area contributed by atoms with E-state index < -0.39 is 5.54 Å². The molecule has 0 spiro atoms. The van der Waals surface area contributed by atoms with Crippen LogP contribution in [0, 0.1) is 10.1 Å². The van der Waals surface area contributed by atoms with Crippen LogP contribution in [0.25, 0.3) is 0 Å². The van der Waals surface area contributed by atoms with Crippen molar-refractivity contribution in [3.63, 3.8) is 0 Å². The fourth-order valence-corrected chi connectivity index (χ4v) is 1.39. The Labute approximate surface area is 82.3 Å². The minimum atomic E-state index is -1.12. The topological polar surface area (TPSA) is 75.4 Å². The van der Waals surface area contributed by atoms with Gasteiger partial charge in [0.2, 0.25) is 0 Å². The van der Waals surface area contributed by atoms with Gasteiger partial charge in [-0.15, -0.1) is 0 Å². The first-order valence-electron chi connectivity index (χ1n) is 4.46. The fourth-order valence-electron chi connectivity index (χ4n) is 1.39. The van der Waals surface area contributed by atoms with Crippen molar-refractivity contribution in [1.29, 1.82) is 0 Å². The number of allylic oxidation sites excluding steroid dienone is 2. The number of nitrogens with zero attached hydrogens (tertiary/aromatic N) is 1. The molecule has 2 unspecified atom stereocenters. The smallest absolute Gasteiger partial charge is 0.256 e. The molecule has 2 N–H and O–H groups in total. The monoisotopic (exact) mass is 198 g/mol. The second-order valence-corrected chi connectivity index (χ2v) is 3.38. The molecule has 5 heteroatoms. The lowest BCUT2D eigenvalue weighted by molar-refractivity contribution is -0.553. The Balaban J connectivity index is 2.76. The molecule has 0 aromatic heterocycles. The van der Waals surface area contributed by atoms with Crippen LogP contribution in [-0.2, 0) is 0 Å². The molecule has 0 amide bonds. The molecule has 14 heavy (non-hydrogen) atoms. The Kier molecular flexibility index (Phi) is 3.38. The summed E-state index contributed by atoms with van der Waals surface area (Å²) in [7, 11) is 0. The number of nitro groups is 1. The van der Waals surface area contributed by atoms with Crippen LogP contribution in [0.3, 0.4) is 0 Å². The van der Waals surface area contributed by atoms with Gasteiger partial charge in [0.25, 0.3) is 5.54 Å². The zero-order valence-corrected chi connectivity index (χ0v) is 8.01. The SMILES string of the molecule is CC1([N+](=O)[O-])C=CC=CC1NCCO. The van der Waals surface area contributed by atoms with Gasteiger partial charge in [0.05, 0.1) is 6.61 Å². The van der Waals surface area contributed by atoms with Gasteiger partial charge in [-0.05, 0) is 6.08 Å². The minimum Gasteiger partial charge on any atom is -0.395 e. The van der Waals surface area contributed by atoms with Crippen molar-refractivity contribution in [2.45, 2.75) is 18.5 Å². The van der Waals surface area contributed by atoms with Gasteiger partial charge in [-0.1, -0.05) is 18.2 Å². The number of hydrogen-bond acceptors (Lipinski definition) is 4. The van der Waals surface area contributed by atoms with E-state index in [2.05, 4.69) is 5.32 Å². The number of aliphatic hydroxyl groups is 1. The highest BCUT2D eigenvalue weighted by Gasteiger charge is 2.42. The van der Waals surface area contributed by atoms with Crippen molar-refractivity contribution < 1.29 is 10.0 Å². The fraction of sp³-hybridized carbons (Fsp3) is 0.556. The van der Waals surface area contributed by atoms with Crippen molar-refractivity contribution in [3.8, 4) is 0 Å². The van der Waals surface area contributed by atoms with Crippen LogP contribution in [0.5, 0.6) is 0 Å². The molecule has 0 saturated heterocycles. The van der Waals surface area contributed by atoms with Gasteiger partial charge < -0.3 is 10.4 Å². The zero-order valence-electron chi connectivity index (χ0n) is 8.01. The second kappa shape index (κ2) is 4.34. The highest BCUT2D eigenvalue weighted by atomic mass is 16.6. The summed E-state index contributed by atoms with van der Waals surface area (Å²) in [6.07, 6.45) is 6.72. The molecule has 78 valence electrons. The summed E-state index contributed by atoms with van der Waals surface area (Å²) in [6, 6.07) is -0.366. The third-order valence-corrected chi connectivity index (χ3v) is 2.35. The molecule has 0 aromatic rings. The van der Waals surface area contributed by atoms with Gasteiger partial charge in [0.15, 0.2) is 0 Å². The van der Waals surface area contributed by atoms with Crippen molar-refractivity contribution in [2.75, 3.05) is 13.2 Å². The Morgan fingerprint density at radius 3 is 2.93 bits per heavy atom. The summed E-state index contributed by atoms with van der Waals surface area (Å²) in [5.41, 5.74) is -1.12. The lowest BCUT2D eigenvalue weighted by Gasteiger charge is -2.27. The van der Waals surface area contributed by atoms with Crippen LogP contribution in [0.1, 0.15) is 6.92 Å². The molecule has 0 bridgehead atoms. The Morgan fingerprint density at radius 1 is 1.64 bits per heavy atom. The lowest BCUT2D eigenvalue weighted by Crippen LogP contribution is -2.53. The van der Waals surface area contributed by atoms with Crippen LogP contribution < -0.4 is 5.32 Å². The Bertz CT molecular complexity index is 275. The van der Waals surface area contributed by atoms with E-state index in [1.54, 1.807) is 31.2 Å². The summed E-state index contributed by atoms with van der Waals surface area (Å²) in [4.78, 5) is 10.6. The average molecular weight is 198 g/mol. The first-order valence-corrected chi connectivity index (χ1v) is 4.46. The largest absolute Gasteiger partial charge is 0.395 e. The molecule has 1 aliphatic carbocycles. The third-order valence-electron chi connectivity index (χ3n) is 2.35. The molecule has 0 fully saturated rings. The summed E-state index contributed by atoms with van der Waals surface area (Å²) in [6.45, 7) is 1.89. The number of aliphatic hydroxyl groups excluding tert-OH is 1. The normalized spacial score (nSPS) is 30.6. The molecular weight excluding hydrogens is 184 g/mol. The van der Waals surface area contributed by atoms with Crippen LogP contribution in [-0.4, -0.2) is 34.8 Å². The maximum absolute atomic E-state index is 10.9. The molecule has 0 heterocycles. The standard InChI is InChI=1S/C9H14N2O3/c1-9(11(13)14)5-3-2-4-8(9)10-6-7-12/h2-5,8,10,12H,6-7H2,1H3. The van der Waals surface area contributed by atoms with E-state index in [1.807, 2.05) is 0 Å². The molecule has 1 aliphatic rings. The Morgan fingerprint density at radius 2 is 2.36 bits per heavy atom. The highest BCUT2D eigenvalue weighted by Crippen LogP contribution is 2.21. The quantitative estimate of drug-likeness (QED) is 0.496. The van der Waals surface area contributed by atoms with Crippen molar-refractivity contribution >= 4 is 0 Å². The lowest BCUT2D eigenvalue weighted by atomic mass is 9.89. The van der Waals surface area contributed by atoms with Crippen molar-refractivity contribution in [2.24, 2.45) is 0 Å². The first-order chi connectivity index (χ1) is 6.61. The second-order valence-electron chi connectivity index (χ2n) is 3.38. The number of rotatable bonds is 4. The zero-order chi connectivity index (χ0) is 10.6. The minimum absolute atomic E-state index is 0.0259. The molecular formula is C9H14N2O3. The number of hydrogen-bond donors (Lipinski definition) is 2. The summed E-state index contributed by atoms with van der Waals surface area (Å²) in [5.74, 6) is 0. The average Bonchev–Trinajstić information content (AvgIpc) is 2.16. The van der Waals surface area contributed by atoms with Crippen molar-refractivity contribution in [3.05, 3.63) is 34.4 Å². The van der Waals surface area contributed by atoms with Crippen LogP contribution in [0.15, 0.2) is 24.3 Å². The van der Waals surface area contributed by atoms with Gasteiger partial charge >= 0.3 is 0 Å². The van der Waals surface area contributed by atoms with Crippen molar-refractivity contribution in [1.82, 2.24) is 5.32 Å². The van der Waals surface area contributed by atoms with Gasteiger partial charge in [0, 0.05) is 18.4 Å². The molecule has 0 radical (unpaired) electrons. The van der Waals surface area contributed by atoms with E-state index in [4.69, 9.17) is 5.11 Å². The molecule has 0 aromatic carbocycles. The molecule has 2 atom stereocenters. The van der Waals surface area contributed by atoms with E-state index in [0.29, 0.717) is 6.54 Å². The molecule has 5 nitrogen and oxygen atoms in total. The van der Waals surface area contributed by atoms with E-state index in [9.17, 15) is 10.1 Å². The maximum atomic E-state index is 10.9. The first kappa shape index (κ1) is 10.9. The predicted molar refractivity (Wildman–Crippen MR) is 52.6 cm³/mol. The van der Waals surface area contributed by atoms with E-state index >= 15 is 0 Å². The van der Waals surface area contributed by atoms with Gasteiger partial charge in [-0.25, -0.2) is 0 Å². The van der Waals surface area contributed by atoms with Gasteiger partial charge in [0.1, 0.15) is 6.04 Å². The summed E-state index contributed by atoms with van der Waals surface area (Å²) >= 11 is 0. The van der Waals surface area contributed by atoms with Crippen LogP contribution in [0.4, 0.5) is 0 Å². The maximum Gasteiger partial charge on any atom is 0.256 e. The van der Waals surface area contributed by atoms with E-state index in [-0.39, 0.29) is 17.6 Å². The van der Waals surface area contributed by atoms with E-state index in [1.165, 1.54) is 0 Å². The summed E-state index contributed by atoms with van der Waals surface area (Å²) < 4.78 is 0. The van der Waals surface area contributed by atoms with Crippen LogP contribution in [0.2, 0.25) is 0 Å². The Hall–Kier alpha value is -1.20. The molecule has 0 aliphatic heterocycles. The van der Waals surface area contributed by atoms with Crippen LogP contribution >= 0.6 is 0 Å². The molecule has 1 rings (SSSR count). The third kappa shape index (κ3) is 2.00. The predicted octanol–water partition coefficient (Wildman–Crippen LogP) is 0.0983. The summed E-state index contributed by atoms with van der Waals surface area (Å²) in [5, 5.41) is 22.4. The van der Waals surface area contributed by atoms with E-state index in [0.717, 1.165) is 0 Å². The molecule has 0 saturated carbocycles. The highest BCUT2D eigenvalue weighted by molar-refractivity contribution is 5.23. The van der Waals surface area contributed by atoms with Gasteiger partial charge in [-0.2, -0.15) is 0 Å². The van der Waals surface area contributed by atoms with Gasteiger partial charge in [-0.3, -0.25) is 10.1 Å². The number of nitrogens with one attached hydrogen (secondary N) is 1.